The fraction of sp³-hybridized carbons (Fsp3) is 0.0714. The van der Waals surface area contributed by atoms with Crippen molar-refractivity contribution in [3.8, 4) is 5.75 Å². The van der Waals surface area contributed by atoms with Gasteiger partial charge in [0.25, 0.3) is 5.69 Å². The first-order chi connectivity index (χ1) is 9.47. The topological polar surface area (TPSA) is 80.4 Å². The van der Waals surface area contributed by atoms with E-state index < -0.39 is 4.92 Å². The van der Waals surface area contributed by atoms with Crippen LogP contribution in [0.25, 0.3) is 0 Å². The SMILES string of the molecule is O=C(Cc1cc([N+](=O)[O-])ccc1O)c1ccc(Cl)cc1.[NaH]. The number of aromatic hydroxyl groups is 1. The summed E-state index contributed by atoms with van der Waals surface area (Å²) in [6.07, 6.45) is -0.116. The summed E-state index contributed by atoms with van der Waals surface area (Å²) >= 11 is 5.73. The molecule has 0 amide bonds. The van der Waals surface area contributed by atoms with Gasteiger partial charge in [-0.15, -0.1) is 0 Å². The third-order valence-electron chi connectivity index (χ3n) is 2.79. The Hall–Kier alpha value is -1.40. The van der Waals surface area contributed by atoms with Crippen LogP contribution < -0.4 is 0 Å². The Morgan fingerprint density at radius 2 is 1.81 bits per heavy atom. The van der Waals surface area contributed by atoms with Crippen molar-refractivity contribution in [2.24, 2.45) is 0 Å². The Kier molecular flexibility index (Phi) is 6.36. The normalized spacial score (nSPS) is 9.76. The maximum absolute atomic E-state index is 12.0. The first kappa shape index (κ1) is 17.7. The van der Waals surface area contributed by atoms with E-state index in [1.165, 1.54) is 18.2 Å². The molecule has 1 N–H and O–H groups in total. The average Bonchev–Trinajstić information content (AvgIpc) is 2.41. The quantitative estimate of drug-likeness (QED) is 0.407. The predicted octanol–water partition coefficient (Wildman–Crippen LogP) is 2.73. The molecule has 104 valence electrons. The van der Waals surface area contributed by atoms with Gasteiger partial charge in [0.05, 0.1) is 4.92 Å². The molecular formula is C14H11ClNNaO4. The van der Waals surface area contributed by atoms with E-state index in [2.05, 4.69) is 0 Å². The van der Waals surface area contributed by atoms with Gasteiger partial charge in [-0.25, -0.2) is 0 Å². The molecule has 0 saturated carbocycles. The number of nitro groups is 1. The molecule has 0 fully saturated rings. The molecule has 2 rings (SSSR count). The van der Waals surface area contributed by atoms with E-state index >= 15 is 0 Å². The van der Waals surface area contributed by atoms with Gasteiger partial charge in [0, 0.05) is 34.7 Å². The summed E-state index contributed by atoms with van der Waals surface area (Å²) < 4.78 is 0. The molecule has 0 aliphatic rings. The van der Waals surface area contributed by atoms with Crippen molar-refractivity contribution < 1.29 is 14.8 Å². The molecule has 0 saturated heterocycles. The van der Waals surface area contributed by atoms with E-state index in [9.17, 15) is 20.0 Å². The second-order valence-electron chi connectivity index (χ2n) is 4.18. The van der Waals surface area contributed by atoms with Gasteiger partial charge < -0.3 is 5.11 Å². The molecule has 0 heterocycles. The van der Waals surface area contributed by atoms with Crippen LogP contribution in [0.5, 0.6) is 5.75 Å². The summed E-state index contributed by atoms with van der Waals surface area (Å²) in [6.45, 7) is 0. The predicted molar refractivity (Wildman–Crippen MR) is 81.4 cm³/mol. The van der Waals surface area contributed by atoms with Crippen LogP contribution in [0, 0.1) is 10.1 Å². The van der Waals surface area contributed by atoms with Crippen LogP contribution in [-0.2, 0) is 6.42 Å². The maximum atomic E-state index is 12.0. The standard InChI is InChI=1S/C14H10ClNO4.Na.H/c15-11-3-1-9(2-4-11)14(18)8-10-7-12(16(19)20)5-6-13(10)17;;/h1-7,17H,8H2;;. The first-order valence-corrected chi connectivity index (χ1v) is 6.10. The van der Waals surface area contributed by atoms with Crippen LogP contribution in [0.3, 0.4) is 0 Å². The molecule has 0 radical (unpaired) electrons. The van der Waals surface area contributed by atoms with Gasteiger partial charge in [0.15, 0.2) is 5.78 Å². The van der Waals surface area contributed by atoms with Crippen LogP contribution in [0.2, 0.25) is 5.02 Å². The first-order valence-electron chi connectivity index (χ1n) is 5.72. The fourth-order valence-corrected chi connectivity index (χ4v) is 1.86. The number of nitro benzene ring substituents is 1. The molecule has 5 nitrogen and oxygen atoms in total. The van der Waals surface area contributed by atoms with Crippen molar-refractivity contribution in [1.82, 2.24) is 0 Å². The van der Waals surface area contributed by atoms with Crippen LogP contribution >= 0.6 is 11.6 Å². The molecule has 0 aliphatic carbocycles. The molecule has 0 aliphatic heterocycles. The molecular weight excluding hydrogens is 305 g/mol. The van der Waals surface area contributed by atoms with E-state index in [0.29, 0.717) is 10.6 Å². The van der Waals surface area contributed by atoms with E-state index in [0.717, 1.165) is 0 Å². The molecule has 7 heteroatoms. The second kappa shape index (κ2) is 7.56. The number of carbonyl (C=O) groups is 1. The number of hydrogen-bond donors (Lipinski definition) is 1. The van der Waals surface area contributed by atoms with Crippen molar-refractivity contribution in [3.05, 3.63) is 68.7 Å². The van der Waals surface area contributed by atoms with Crippen LogP contribution in [0.1, 0.15) is 15.9 Å². The number of phenols is 1. The zero-order chi connectivity index (χ0) is 14.7. The number of non-ortho nitro benzene ring substituents is 1. The summed E-state index contributed by atoms with van der Waals surface area (Å²) in [5, 5.41) is 20.9. The number of hydrogen-bond acceptors (Lipinski definition) is 4. The van der Waals surface area contributed by atoms with Crippen molar-refractivity contribution >= 4 is 52.6 Å². The zero-order valence-corrected chi connectivity index (χ0v) is 11.0. The summed E-state index contributed by atoms with van der Waals surface area (Å²) in [7, 11) is 0. The minimum absolute atomic E-state index is 0. The van der Waals surface area contributed by atoms with Gasteiger partial charge in [-0.2, -0.15) is 0 Å². The second-order valence-corrected chi connectivity index (χ2v) is 4.61. The van der Waals surface area contributed by atoms with Crippen molar-refractivity contribution in [2.75, 3.05) is 0 Å². The summed E-state index contributed by atoms with van der Waals surface area (Å²) in [4.78, 5) is 22.1. The number of halogens is 1. The third-order valence-corrected chi connectivity index (χ3v) is 3.04. The molecule has 0 spiro atoms. The molecule has 0 unspecified atom stereocenters. The number of carbonyl (C=O) groups excluding carboxylic acids is 1. The number of nitrogens with zero attached hydrogens (tertiary/aromatic N) is 1. The summed E-state index contributed by atoms with van der Waals surface area (Å²) in [5.74, 6) is -0.393. The monoisotopic (exact) mass is 315 g/mol. The van der Waals surface area contributed by atoms with Crippen molar-refractivity contribution in [1.29, 1.82) is 0 Å². The van der Waals surface area contributed by atoms with Gasteiger partial charge >= 0.3 is 29.6 Å². The van der Waals surface area contributed by atoms with E-state index in [1.54, 1.807) is 24.3 Å². The summed E-state index contributed by atoms with van der Waals surface area (Å²) in [6, 6.07) is 9.90. The molecule has 0 bridgehead atoms. The minimum atomic E-state index is -0.574. The number of rotatable bonds is 4. The molecule has 0 aromatic heterocycles. The van der Waals surface area contributed by atoms with Crippen molar-refractivity contribution in [3.63, 3.8) is 0 Å². The van der Waals surface area contributed by atoms with Crippen molar-refractivity contribution in [2.45, 2.75) is 6.42 Å². The number of phenolic OH excluding ortho intramolecular Hbond substituents is 1. The Labute approximate surface area is 148 Å². The Morgan fingerprint density at radius 3 is 2.38 bits per heavy atom. The van der Waals surface area contributed by atoms with Gasteiger partial charge in [-0.3, -0.25) is 14.9 Å². The van der Waals surface area contributed by atoms with Crippen LogP contribution in [0.15, 0.2) is 42.5 Å². The van der Waals surface area contributed by atoms with Gasteiger partial charge in [-0.1, -0.05) is 11.6 Å². The van der Waals surface area contributed by atoms with E-state index in [4.69, 9.17) is 11.6 Å². The number of benzene rings is 2. The zero-order valence-electron chi connectivity index (χ0n) is 10.2. The molecule has 0 atom stereocenters. The molecule has 2 aromatic rings. The fourth-order valence-electron chi connectivity index (χ4n) is 1.74. The Morgan fingerprint density at radius 1 is 1.19 bits per heavy atom. The van der Waals surface area contributed by atoms with E-state index in [1.807, 2.05) is 0 Å². The third kappa shape index (κ3) is 4.54. The van der Waals surface area contributed by atoms with Crippen LogP contribution in [0.4, 0.5) is 5.69 Å². The molecule has 2 aromatic carbocycles. The van der Waals surface area contributed by atoms with Gasteiger partial charge in [0.1, 0.15) is 5.75 Å². The number of ketones is 1. The molecule has 21 heavy (non-hydrogen) atoms. The van der Waals surface area contributed by atoms with E-state index in [-0.39, 0.29) is 58.8 Å². The average molecular weight is 316 g/mol. The van der Waals surface area contributed by atoms with Gasteiger partial charge in [0.2, 0.25) is 0 Å². The number of Topliss-reactive ketones (excluding diaryl/α,β-unsaturated/α-hetero) is 1. The Balaban J connectivity index is 0.00000220. The van der Waals surface area contributed by atoms with Gasteiger partial charge in [-0.05, 0) is 30.3 Å². The Bertz CT molecular complexity index is 673. The summed E-state index contributed by atoms with van der Waals surface area (Å²) in [5.41, 5.74) is 0.487. The van der Waals surface area contributed by atoms with Crippen LogP contribution in [-0.4, -0.2) is 45.4 Å².